The maximum absolute atomic E-state index is 12.6. The van der Waals surface area contributed by atoms with E-state index in [1.807, 2.05) is 6.07 Å². The van der Waals surface area contributed by atoms with E-state index < -0.39 is 6.43 Å². The average Bonchev–Trinajstić information content (AvgIpc) is 2.21. The second-order valence-electron chi connectivity index (χ2n) is 2.73. The van der Waals surface area contributed by atoms with E-state index in [4.69, 9.17) is 16.9 Å². The SMILES string of the molecule is N#CCc1nc(CBr)cc(C(F)F)c1Cl. The zero-order valence-electron chi connectivity index (χ0n) is 7.48. The Balaban J connectivity index is 3.28. The van der Waals surface area contributed by atoms with Crippen LogP contribution in [0.5, 0.6) is 0 Å². The molecule has 0 saturated carbocycles. The van der Waals surface area contributed by atoms with Crippen molar-refractivity contribution in [1.29, 1.82) is 5.26 Å². The summed E-state index contributed by atoms with van der Waals surface area (Å²) < 4.78 is 25.1. The first-order valence-corrected chi connectivity index (χ1v) is 5.49. The van der Waals surface area contributed by atoms with Crippen molar-refractivity contribution in [2.45, 2.75) is 18.2 Å². The molecule has 0 atom stereocenters. The molecule has 0 spiro atoms. The first-order valence-electron chi connectivity index (χ1n) is 3.99. The molecular formula is C9H6BrClF2N2. The molecule has 0 radical (unpaired) electrons. The normalized spacial score (nSPS) is 10.4. The fraction of sp³-hybridized carbons (Fsp3) is 0.333. The Bertz CT molecular complexity index is 404. The molecule has 0 fully saturated rings. The van der Waals surface area contributed by atoms with Crippen molar-refractivity contribution in [2.24, 2.45) is 0 Å². The molecule has 15 heavy (non-hydrogen) atoms. The minimum atomic E-state index is -2.66. The van der Waals surface area contributed by atoms with E-state index in [9.17, 15) is 8.78 Å². The van der Waals surface area contributed by atoms with Crippen LogP contribution in [0.15, 0.2) is 6.07 Å². The van der Waals surface area contributed by atoms with Crippen molar-refractivity contribution < 1.29 is 8.78 Å². The molecule has 0 aliphatic heterocycles. The van der Waals surface area contributed by atoms with Crippen molar-refractivity contribution in [2.75, 3.05) is 0 Å². The molecule has 0 unspecified atom stereocenters. The monoisotopic (exact) mass is 294 g/mol. The quantitative estimate of drug-likeness (QED) is 0.798. The molecule has 0 saturated heterocycles. The average molecular weight is 296 g/mol. The van der Waals surface area contributed by atoms with Gasteiger partial charge in [-0.1, -0.05) is 27.5 Å². The van der Waals surface area contributed by atoms with Crippen LogP contribution in [0.2, 0.25) is 5.02 Å². The fourth-order valence-corrected chi connectivity index (χ4v) is 1.62. The summed E-state index contributed by atoms with van der Waals surface area (Å²) >= 11 is 8.82. The Morgan fingerprint density at radius 1 is 1.60 bits per heavy atom. The van der Waals surface area contributed by atoms with Gasteiger partial charge in [-0.3, -0.25) is 4.98 Å². The van der Waals surface area contributed by atoms with Gasteiger partial charge in [-0.15, -0.1) is 0 Å². The molecule has 80 valence electrons. The Hall–Kier alpha value is -0.730. The van der Waals surface area contributed by atoms with Crippen LogP contribution in [0.1, 0.15) is 23.4 Å². The number of nitriles is 1. The number of pyridine rings is 1. The third-order valence-electron chi connectivity index (χ3n) is 1.73. The summed E-state index contributed by atoms with van der Waals surface area (Å²) in [6, 6.07) is 3.07. The van der Waals surface area contributed by atoms with Crippen LogP contribution in [0.25, 0.3) is 0 Å². The molecule has 0 aliphatic rings. The van der Waals surface area contributed by atoms with Gasteiger partial charge in [-0.05, 0) is 6.07 Å². The van der Waals surface area contributed by atoms with Crippen LogP contribution in [0.4, 0.5) is 8.78 Å². The first-order chi connectivity index (χ1) is 7.10. The van der Waals surface area contributed by atoms with E-state index >= 15 is 0 Å². The number of hydrogen-bond acceptors (Lipinski definition) is 2. The lowest BCUT2D eigenvalue weighted by atomic mass is 10.1. The predicted octanol–water partition coefficient (Wildman–Crippen LogP) is 3.63. The molecule has 6 heteroatoms. The van der Waals surface area contributed by atoms with Gasteiger partial charge < -0.3 is 0 Å². The predicted molar refractivity (Wildman–Crippen MR) is 56.2 cm³/mol. The van der Waals surface area contributed by atoms with Crippen LogP contribution in [-0.4, -0.2) is 4.98 Å². The standard InChI is InChI=1S/C9H6BrClF2N2/c10-4-5-3-6(9(12)13)8(11)7(15-5)1-2-14/h3,9H,1,4H2. The van der Waals surface area contributed by atoms with Gasteiger partial charge in [0.2, 0.25) is 0 Å². The first kappa shape index (κ1) is 12.3. The largest absolute Gasteiger partial charge is 0.265 e. The van der Waals surface area contributed by atoms with E-state index in [-0.39, 0.29) is 22.7 Å². The Labute approximate surface area is 99.0 Å². The molecule has 0 aliphatic carbocycles. The van der Waals surface area contributed by atoms with Crippen LogP contribution in [0, 0.1) is 11.3 Å². The van der Waals surface area contributed by atoms with Gasteiger partial charge in [-0.25, -0.2) is 8.78 Å². The zero-order chi connectivity index (χ0) is 11.4. The van der Waals surface area contributed by atoms with E-state index in [2.05, 4.69) is 20.9 Å². The van der Waals surface area contributed by atoms with E-state index in [1.54, 1.807) is 0 Å². The van der Waals surface area contributed by atoms with Gasteiger partial charge in [0, 0.05) is 10.9 Å². The van der Waals surface area contributed by atoms with Crippen molar-refractivity contribution in [3.8, 4) is 6.07 Å². The molecular weight excluding hydrogens is 289 g/mol. The van der Waals surface area contributed by atoms with E-state index in [0.29, 0.717) is 11.0 Å². The Morgan fingerprint density at radius 3 is 2.73 bits per heavy atom. The van der Waals surface area contributed by atoms with Crippen molar-refractivity contribution in [1.82, 2.24) is 4.98 Å². The fourth-order valence-electron chi connectivity index (χ4n) is 1.08. The third-order valence-corrected chi connectivity index (χ3v) is 2.74. The smallest absolute Gasteiger partial charge is 0.254 e. The zero-order valence-corrected chi connectivity index (χ0v) is 9.82. The van der Waals surface area contributed by atoms with Crippen LogP contribution < -0.4 is 0 Å². The molecule has 2 nitrogen and oxygen atoms in total. The minimum Gasteiger partial charge on any atom is -0.254 e. The van der Waals surface area contributed by atoms with Gasteiger partial charge in [0.05, 0.1) is 28.9 Å². The number of halogens is 4. The highest BCUT2D eigenvalue weighted by molar-refractivity contribution is 9.08. The lowest BCUT2D eigenvalue weighted by molar-refractivity contribution is 0.151. The topological polar surface area (TPSA) is 36.7 Å². The Kier molecular flexibility index (Phi) is 4.43. The molecule has 0 N–H and O–H groups in total. The summed E-state index contributed by atoms with van der Waals surface area (Å²) in [4.78, 5) is 3.99. The van der Waals surface area contributed by atoms with Crippen molar-refractivity contribution in [3.63, 3.8) is 0 Å². The van der Waals surface area contributed by atoms with Gasteiger partial charge in [0.25, 0.3) is 6.43 Å². The second-order valence-corrected chi connectivity index (χ2v) is 3.67. The second kappa shape index (κ2) is 5.38. The van der Waals surface area contributed by atoms with E-state index in [0.717, 1.165) is 0 Å². The number of nitrogens with zero attached hydrogens (tertiary/aromatic N) is 2. The van der Waals surface area contributed by atoms with Crippen LogP contribution >= 0.6 is 27.5 Å². The number of hydrogen-bond donors (Lipinski definition) is 0. The highest BCUT2D eigenvalue weighted by Gasteiger charge is 2.17. The molecule has 1 aromatic rings. The number of rotatable bonds is 3. The number of aromatic nitrogens is 1. The molecule has 1 heterocycles. The summed E-state index contributed by atoms with van der Waals surface area (Å²) in [6.07, 6.45) is -2.73. The molecule has 0 aromatic carbocycles. The lowest BCUT2D eigenvalue weighted by Gasteiger charge is -2.08. The van der Waals surface area contributed by atoms with Crippen LogP contribution in [0.3, 0.4) is 0 Å². The Morgan fingerprint density at radius 2 is 2.27 bits per heavy atom. The lowest BCUT2D eigenvalue weighted by Crippen LogP contribution is -1.99. The van der Waals surface area contributed by atoms with Gasteiger partial charge >= 0.3 is 0 Å². The summed E-state index contributed by atoms with van der Waals surface area (Å²) in [6.45, 7) is 0. The summed E-state index contributed by atoms with van der Waals surface area (Å²) in [5.41, 5.74) is 0.373. The molecule has 0 amide bonds. The van der Waals surface area contributed by atoms with Gasteiger partial charge in [-0.2, -0.15) is 5.26 Å². The summed E-state index contributed by atoms with van der Waals surface area (Å²) in [5.74, 6) is 0. The summed E-state index contributed by atoms with van der Waals surface area (Å²) in [7, 11) is 0. The van der Waals surface area contributed by atoms with Crippen LogP contribution in [-0.2, 0) is 11.8 Å². The minimum absolute atomic E-state index is 0.0700. The third kappa shape index (κ3) is 2.86. The van der Waals surface area contributed by atoms with E-state index in [1.165, 1.54) is 6.07 Å². The maximum Gasteiger partial charge on any atom is 0.265 e. The maximum atomic E-state index is 12.6. The van der Waals surface area contributed by atoms with Gasteiger partial charge in [0.1, 0.15) is 0 Å². The molecule has 0 bridgehead atoms. The highest BCUT2D eigenvalue weighted by atomic mass is 79.9. The number of alkyl halides is 3. The van der Waals surface area contributed by atoms with Gasteiger partial charge in [0.15, 0.2) is 0 Å². The molecule has 1 rings (SSSR count). The van der Waals surface area contributed by atoms with Crippen molar-refractivity contribution in [3.05, 3.63) is 28.0 Å². The molecule has 1 aromatic heterocycles. The highest BCUT2D eigenvalue weighted by Crippen LogP contribution is 2.30. The van der Waals surface area contributed by atoms with Crippen molar-refractivity contribution >= 4 is 27.5 Å². The summed E-state index contributed by atoms with van der Waals surface area (Å²) in [5, 5.41) is 8.72.